The minimum absolute atomic E-state index is 0.645. The van der Waals surface area contributed by atoms with E-state index in [1.165, 1.54) is 22.2 Å². The molecule has 0 N–H and O–H groups in total. The second-order valence-electron chi connectivity index (χ2n) is 15.1. The summed E-state index contributed by atoms with van der Waals surface area (Å²) in [5.74, 6) is 0.645. The summed E-state index contributed by atoms with van der Waals surface area (Å²) in [6.07, 6.45) is 6.64. The van der Waals surface area contributed by atoms with Gasteiger partial charge in [0.05, 0.1) is 22.4 Å². The minimum Gasteiger partial charge on any atom is -0.454 e. The molecule has 12 rings (SSSR count). The van der Waals surface area contributed by atoms with E-state index in [4.69, 9.17) is 19.4 Å². The quantitative estimate of drug-likeness (QED) is 0.165. The second kappa shape index (κ2) is 13.0. The van der Waals surface area contributed by atoms with Crippen LogP contribution in [0.4, 0.5) is 0 Å². The van der Waals surface area contributed by atoms with E-state index in [-0.39, 0.29) is 0 Å². The van der Waals surface area contributed by atoms with Gasteiger partial charge < -0.3 is 8.98 Å². The summed E-state index contributed by atoms with van der Waals surface area (Å²) >= 11 is 0. The van der Waals surface area contributed by atoms with Gasteiger partial charge in [-0.15, -0.1) is 0 Å². The molecular formula is C53H34N4O. The van der Waals surface area contributed by atoms with Gasteiger partial charge in [-0.2, -0.15) is 0 Å². The number of hydrogen-bond donors (Lipinski definition) is 0. The summed E-state index contributed by atoms with van der Waals surface area (Å²) in [6, 6.07) is 59.5. The maximum absolute atomic E-state index is 6.65. The Balaban J connectivity index is 1.02. The number of allylic oxidation sites excluding steroid dienone is 1. The lowest BCUT2D eigenvalue weighted by atomic mass is 9.99. The Labute approximate surface area is 334 Å². The lowest BCUT2D eigenvalue weighted by Gasteiger charge is -2.14. The number of rotatable bonds is 5. The predicted octanol–water partition coefficient (Wildman–Crippen LogP) is 13.6. The van der Waals surface area contributed by atoms with E-state index in [1.807, 2.05) is 18.2 Å². The molecule has 0 saturated heterocycles. The van der Waals surface area contributed by atoms with Crippen molar-refractivity contribution >= 4 is 60.6 Å². The summed E-state index contributed by atoms with van der Waals surface area (Å²) in [5, 5.41) is 6.79. The molecule has 4 aromatic heterocycles. The van der Waals surface area contributed by atoms with E-state index in [2.05, 4.69) is 168 Å². The molecule has 1 aliphatic carbocycles. The Morgan fingerprint density at radius 3 is 2.09 bits per heavy atom. The monoisotopic (exact) mass is 742 g/mol. The van der Waals surface area contributed by atoms with Crippen molar-refractivity contribution in [1.82, 2.24) is 19.5 Å². The molecule has 5 heteroatoms. The summed E-state index contributed by atoms with van der Waals surface area (Å²) in [7, 11) is 0. The van der Waals surface area contributed by atoms with Gasteiger partial charge in [0.15, 0.2) is 11.4 Å². The molecule has 272 valence electrons. The zero-order valence-electron chi connectivity index (χ0n) is 31.4. The highest BCUT2D eigenvalue weighted by Crippen LogP contribution is 2.42. The van der Waals surface area contributed by atoms with Crippen LogP contribution in [0.1, 0.15) is 17.7 Å². The summed E-state index contributed by atoms with van der Waals surface area (Å²) < 4.78 is 9.07. The van der Waals surface area contributed by atoms with Gasteiger partial charge in [-0.1, -0.05) is 146 Å². The van der Waals surface area contributed by atoms with Crippen LogP contribution in [0.25, 0.3) is 111 Å². The van der Waals surface area contributed by atoms with E-state index in [0.717, 1.165) is 101 Å². The molecule has 11 aromatic rings. The van der Waals surface area contributed by atoms with Gasteiger partial charge in [0.25, 0.3) is 0 Å². The Morgan fingerprint density at radius 2 is 1.22 bits per heavy atom. The van der Waals surface area contributed by atoms with E-state index in [0.29, 0.717) is 5.82 Å². The lowest BCUT2D eigenvalue weighted by Crippen LogP contribution is -2.03. The van der Waals surface area contributed by atoms with Gasteiger partial charge >= 0.3 is 0 Å². The van der Waals surface area contributed by atoms with Crippen molar-refractivity contribution in [3.63, 3.8) is 0 Å². The van der Waals surface area contributed by atoms with Crippen molar-refractivity contribution in [2.24, 2.45) is 0 Å². The number of furan rings is 1. The molecule has 4 heterocycles. The van der Waals surface area contributed by atoms with Gasteiger partial charge in [-0.3, -0.25) is 0 Å². The molecule has 0 spiro atoms. The number of nitrogens with zero attached hydrogens (tertiary/aromatic N) is 4. The third-order valence-electron chi connectivity index (χ3n) is 11.7. The molecule has 7 aromatic carbocycles. The first-order valence-electron chi connectivity index (χ1n) is 19.8. The maximum Gasteiger partial charge on any atom is 0.162 e. The molecule has 5 nitrogen and oxygen atoms in total. The average molecular weight is 743 g/mol. The van der Waals surface area contributed by atoms with Crippen LogP contribution in [-0.4, -0.2) is 19.5 Å². The van der Waals surface area contributed by atoms with Crippen molar-refractivity contribution in [3.8, 4) is 50.8 Å². The molecule has 0 radical (unpaired) electrons. The molecule has 0 fully saturated rings. The Hall–Kier alpha value is -7.63. The minimum atomic E-state index is 0.645. The van der Waals surface area contributed by atoms with Crippen molar-refractivity contribution in [2.45, 2.75) is 12.8 Å². The van der Waals surface area contributed by atoms with Crippen molar-refractivity contribution in [3.05, 3.63) is 187 Å². The third kappa shape index (κ3) is 5.14. The van der Waals surface area contributed by atoms with Gasteiger partial charge in [0.2, 0.25) is 0 Å². The van der Waals surface area contributed by atoms with Crippen LogP contribution < -0.4 is 0 Å². The van der Waals surface area contributed by atoms with Crippen LogP contribution in [0.3, 0.4) is 0 Å². The molecule has 0 unspecified atom stereocenters. The topological polar surface area (TPSA) is 56.7 Å². The predicted molar refractivity (Wildman–Crippen MR) is 238 cm³/mol. The number of fused-ring (bicyclic) bond motifs is 10. The number of benzene rings is 7. The fourth-order valence-corrected chi connectivity index (χ4v) is 8.95. The van der Waals surface area contributed by atoms with Crippen LogP contribution in [0.2, 0.25) is 0 Å². The van der Waals surface area contributed by atoms with E-state index < -0.39 is 0 Å². The van der Waals surface area contributed by atoms with Crippen LogP contribution >= 0.6 is 0 Å². The third-order valence-corrected chi connectivity index (χ3v) is 11.7. The number of pyridine rings is 1. The van der Waals surface area contributed by atoms with Crippen molar-refractivity contribution in [1.29, 1.82) is 0 Å². The van der Waals surface area contributed by atoms with Gasteiger partial charge in [-0.25, -0.2) is 15.0 Å². The molecular weight excluding hydrogens is 709 g/mol. The maximum atomic E-state index is 6.65. The Morgan fingerprint density at radius 1 is 0.517 bits per heavy atom. The normalized spacial score (nSPS) is 12.6. The van der Waals surface area contributed by atoms with Crippen LogP contribution in [0.5, 0.6) is 0 Å². The molecule has 0 saturated carbocycles. The highest BCUT2D eigenvalue weighted by atomic mass is 16.3. The molecule has 58 heavy (non-hydrogen) atoms. The Kier molecular flexibility index (Phi) is 7.29. The largest absolute Gasteiger partial charge is 0.454 e. The van der Waals surface area contributed by atoms with Crippen LogP contribution in [0.15, 0.2) is 180 Å². The SMILES string of the molecule is C1=Cc2c(n(-c3ccc(-c4cc(-c5ccccc5)nc(-c5cccc(-c6nc7c8ccccc8ccc7c7c6oc6ccccc67)c5)n4)cc3)c3ccccc23)CC1. The number of hydrogen-bond acceptors (Lipinski definition) is 4. The van der Waals surface area contributed by atoms with Gasteiger partial charge in [0.1, 0.15) is 11.3 Å². The summed E-state index contributed by atoms with van der Waals surface area (Å²) in [5.41, 5.74) is 14.1. The average Bonchev–Trinajstić information content (AvgIpc) is 3.86. The van der Waals surface area contributed by atoms with E-state index in [1.54, 1.807) is 0 Å². The van der Waals surface area contributed by atoms with Crippen LogP contribution in [-0.2, 0) is 6.42 Å². The zero-order valence-corrected chi connectivity index (χ0v) is 31.4. The standard InChI is InChI=1S/C53H34N4O/c1-2-14-34(15-3-1)44-32-45(35-25-28-38(29-26-35)57-46-22-9-6-19-40(46)41-20-7-10-23-47(41)57)55-53(54-44)37-17-12-16-36(31-37)50-52-49(42-21-8-11-24-48(42)58-52)43-30-27-33-13-4-5-18-39(33)51(43)56-50/h1-9,11-22,24-32H,10,23H2. The first kappa shape index (κ1) is 32.6. The molecule has 0 bridgehead atoms. The summed E-state index contributed by atoms with van der Waals surface area (Å²) in [4.78, 5) is 15.9. The molecule has 0 atom stereocenters. The van der Waals surface area contributed by atoms with Gasteiger partial charge in [-0.05, 0) is 54.6 Å². The Bertz CT molecular complexity index is 3450. The zero-order chi connectivity index (χ0) is 38.2. The van der Waals surface area contributed by atoms with E-state index in [9.17, 15) is 0 Å². The first-order valence-corrected chi connectivity index (χ1v) is 19.8. The van der Waals surface area contributed by atoms with E-state index >= 15 is 0 Å². The highest BCUT2D eigenvalue weighted by molar-refractivity contribution is 6.24. The fourth-order valence-electron chi connectivity index (χ4n) is 8.95. The fraction of sp³-hybridized carbons (Fsp3) is 0.0377. The first-order chi connectivity index (χ1) is 28.7. The van der Waals surface area contributed by atoms with Crippen molar-refractivity contribution in [2.75, 3.05) is 0 Å². The molecule has 0 amide bonds. The number of aromatic nitrogens is 4. The second-order valence-corrected chi connectivity index (χ2v) is 15.1. The highest BCUT2D eigenvalue weighted by Gasteiger charge is 2.21. The van der Waals surface area contributed by atoms with Crippen molar-refractivity contribution < 1.29 is 4.42 Å². The van der Waals surface area contributed by atoms with Crippen LogP contribution in [0, 0.1) is 0 Å². The number of para-hydroxylation sites is 2. The lowest BCUT2D eigenvalue weighted by molar-refractivity contribution is 0.669. The smallest absolute Gasteiger partial charge is 0.162 e. The van der Waals surface area contributed by atoms with Gasteiger partial charge in [0, 0.05) is 66.1 Å². The summed E-state index contributed by atoms with van der Waals surface area (Å²) in [6.45, 7) is 0. The molecule has 1 aliphatic rings. The molecule has 0 aliphatic heterocycles.